The van der Waals surface area contributed by atoms with Crippen molar-refractivity contribution in [2.45, 2.75) is 6.54 Å². The van der Waals surface area contributed by atoms with Crippen molar-refractivity contribution in [3.63, 3.8) is 0 Å². The number of rotatable bonds is 7. The summed E-state index contributed by atoms with van der Waals surface area (Å²) >= 11 is 7.58. The lowest BCUT2D eigenvalue weighted by molar-refractivity contribution is -0.129. The molecule has 0 saturated heterocycles. The first-order valence-corrected chi connectivity index (χ1v) is 11.2. The Bertz CT molecular complexity index is 1070. The van der Waals surface area contributed by atoms with Crippen molar-refractivity contribution in [3.8, 4) is 10.7 Å². The number of carbonyl (C=O) groups is 1. The predicted octanol–water partition coefficient (Wildman–Crippen LogP) is 2.88. The summed E-state index contributed by atoms with van der Waals surface area (Å²) in [5, 5.41) is 6.03. The number of hydrogen-bond donors (Lipinski definition) is 0. The molecule has 0 spiro atoms. The van der Waals surface area contributed by atoms with Crippen molar-refractivity contribution < 1.29 is 17.7 Å². The van der Waals surface area contributed by atoms with Gasteiger partial charge in [-0.1, -0.05) is 35.0 Å². The summed E-state index contributed by atoms with van der Waals surface area (Å²) in [6.45, 7) is -0.345. The van der Waals surface area contributed by atoms with Crippen molar-refractivity contribution in [1.29, 1.82) is 0 Å². The number of likely N-dealkylation sites (N-methyl/N-ethyl adjacent to an activating group) is 1. The van der Waals surface area contributed by atoms with Crippen molar-refractivity contribution >= 4 is 44.6 Å². The minimum Gasteiger partial charge on any atom is -0.337 e. The number of benzene rings is 1. The SMILES string of the molecule is CN(Cc1nc(-c2cccs2)no1)C(=O)CN(c1ccccc1Cl)S(C)(=O)=O. The van der Waals surface area contributed by atoms with Crippen molar-refractivity contribution in [2.24, 2.45) is 0 Å². The largest absolute Gasteiger partial charge is 0.337 e. The molecule has 0 saturated carbocycles. The monoisotopic (exact) mass is 440 g/mol. The third-order valence-electron chi connectivity index (χ3n) is 3.81. The zero-order chi connectivity index (χ0) is 20.3. The second-order valence-electron chi connectivity index (χ2n) is 5.96. The molecule has 1 amide bonds. The van der Waals surface area contributed by atoms with Gasteiger partial charge in [0.1, 0.15) is 6.54 Å². The predicted molar refractivity (Wildman–Crippen MR) is 108 cm³/mol. The van der Waals surface area contributed by atoms with E-state index < -0.39 is 22.5 Å². The van der Waals surface area contributed by atoms with Gasteiger partial charge >= 0.3 is 0 Å². The third kappa shape index (κ3) is 4.70. The first-order chi connectivity index (χ1) is 13.3. The number of sulfonamides is 1. The number of amides is 1. The van der Waals surface area contributed by atoms with Crippen LogP contribution in [0.2, 0.25) is 5.02 Å². The van der Waals surface area contributed by atoms with Crippen LogP contribution in [-0.4, -0.2) is 49.2 Å². The Morgan fingerprint density at radius 1 is 1.25 bits per heavy atom. The second-order valence-corrected chi connectivity index (χ2v) is 9.22. The lowest BCUT2D eigenvalue weighted by Crippen LogP contribution is -2.41. The average molecular weight is 441 g/mol. The standard InChI is InChI=1S/C17H17ClN4O4S2/c1-21(10-15-19-17(20-26-15)14-8-5-9-27-14)16(23)11-22(28(2,24)25)13-7-4-3-6-12(13)18/h3-9H,10-11H2,1-2H3. The summed E-state index contributed by atoms with van der Waals surface area (Å²) in [5.74, 6) is 0.254. The van der Waals surface area contributed by atoms with E-state index in [4.69, 9.17) is 16.1 Å². The van der Waals surface area contributed by atoms with Gasteiger partial charge in [0.15, 0.2) is 0 Å². The molecule has 1 aromatic carbocycles. The molecule has 2 aromatic heterocycles. The molecular formula is C17H17ClN4O4S2. The molecule has 148 valence electrons. The van der Waals surface area contributed by atoms with E-state index in [1.165, 1.54) is 23.3 Å². The molecule has 0 bridgehead atoms. The van der Waals surface area contributed by atoms with Crippen LogP contribution in [0.1, 0.15) is 5.89 Å². The minimum atomic E-state index is -3.72. The van der Waals surface area contributed by atoms with Gasteiger partial charge < -0.3 is 9.42 Å². The van der Waals surface area contributed by atoms with Gasteiger partial charge in [-0.2, -0.15) is 4.98 Å². The molecule has 28 heavy (non-hydrogen) atoms. The van der Waals surface area contributed by atoms with Crippen LogP contribution in [0.15, 0.2) is 46.3 Å². The number of para-hydroxylation sites is 1. The highest BCUT2D eigenvalue weighted by Crippen LogP contribution is 2.27. The first kappa shape index (κ1) is 20.3. The highest BCUT2D eigenvalue weighted by atomic mass is 35.5. The molecule has 0 aliphatic heterocycles. The van der Waals surface area contributed by atoms with E-state index in [-0.39, 0.29) is 23.1 Å². The lowest BCUT2D eigenvalue weighted by atomic mass is 10.3. The fourth-order valence-electron chi connectivity index (χ4n) is 2.39. The zero-order valence-corrected chi connectivity index (χ0v) is 17.5. The molecule has 0 N–H and O–H groups in total. The van der Waals surface area contributed by atoms with Gasteiger partial charge in [0.05, 0.1) is 28.4 Å². The van der Waals surface area contributed by atoms with Gasteiger partial charge in [0.25, 0.3) is 0 Å². The maximum atomic E-state index is 12.6. The maximum absolute atomic E-state index is 12.6. The molecule has 0 unspecified atom stereocenters. The van der Waals surface area contributed by atoms with Crippen LogP contribution in [0.5, 0.6) is 0 Å². The van der Waals surface area contributed by atoms with Crippen LogP contribution < -0.4 is 4.31 Å². The summed E-state index contributed by atoms with van der Waals surface area (Å²) in [6, 6.07) is 10.2. The number of thiophene rings is 1. The quantitative estimate of drug-likeness (QED) is 0.560. The maximum Gasteiger partial charge on any atom is 0.246 e. The summed E-state index contributed by atoms with van der Waals surface area (Å²) < 4.78 is 30.5. The smallest absolute Gasteiger partial charge is 0.246 e. The molecule has 2 heterocycles. The van der Waals surface area contributed by atoms with Crippen LogP contribution in [-0.2, 0) is 21.4 Å². The van der Waals surface area contributed by atoms with Gasteiger partial charge in [0.2, 0.25) is 27.6 Å². The summed E-state index contributed by atoms with van der Waals surface area (Å²) in [5.41, 5.74) is 0.242. The number of nitrogens with zero attached hydrogens (tertiary/aromatic N) is 4. The summed E-state index contributed by atoms with van der Waals surface area (Å²) in [6.07, 6.45) is 1.02. The van der Waals surface area contributed by atoms with Gasteiger partial charge in [-0.3, -0.25) is 9.10 Å². The van der Waals surface area contributed by atoms with Crippen LogP contribution >= 0.6 is 22.9 Å². The Kier molecular flexibility index (Phi) is 6.01. The van der Waals surface area contributed by atoms with E-state index in [1.54, 1.807) is 24.3 Å². The van der Waals surface area contributed by atoms with Crippen LogP contribution in [0.25, 0.3) is 10.7 Å². The number of hydrogen-bond acceptors (Lipinski definition) is 7. The molecule has 0 aliphatic rings. The molecule has 11 heteroatoms. The normalized spacial score (nSPS) is 11.4. The number of halogens is 1. The summed E-state index contributed by atoms with van der Waals surface area (Å²) in [7, 11) is -2.18. The van der Waals surface area contributed by atoms with E-state index in [9.17, 15) is 13.2 Å². The van der Waals surface area contributed by atoms with Crippen molar-refractivity contribution in [3.05, 3.63) is 52.7 Å². The number of carbonyl (C=O) groups excluding carboxylic acids is 1. The van der Waals surface area contributed by atoms with Crippen LogP contribution in [0, 0.1) is 0 Å². The molecule has 3 rings (SSSR count). The Balaban J connectivity index is 1.72. The second kappa shape index (κ2) is 8.29. The highest BCUT2D eigenvalue weighted by molar-refractivity contribution is 7.92. The lowest BCUT2D eigenvalue weighted by Gasteiger charge is -2.25. The molecule has 0 fully saturated rings. The molecule has 0 radical (unpaired) electrons. The highest BCUT2D eigenvalue weighted by Gasteiger charge is 2.25. The average Bonchev–Trinajstić information content (AvgIpc) is 3.30. The van der Waals surface area contributed by atoms with E-state index in [2.05, 4.69) is 10.1 Å². The van der Waals surface area contributed by atoms with E-state index in [0.29, 0.717) is 5.82 Å². The Labute approximate surface area is 171 Å². The van der Waals surface area contributed by atoms with Crippen molar-refractivity contribution in [1.82, 2.24) is 15.0 Å². The fourth-order valence-corrected chi connectivity index (χ4v) is 4.19. The van der Waals surface area contributed by atoms with E-state index in [0.717, 1.165) is 15.4 Å². The third-order valence-corrected chi connectivity index (χ3v) is 6.12. The van der Waals surface area contributed by atoms with Crippen LogP contribution in [0.3, 0.4) is 0 Å². The topological polar surface area (TPSA) is 96.6 Å². The van der Waals surface area contributed by atoms with Gasteiger partial charge in [0, 0.05) is 7.05 Å². The molecule has 3 aromatic rings. The molecule has 8 nitrogen and oxygen atoms in total. The van der Waals surface area contributed by atoms with Gasteiger partial charge in [-0.05, 0) is 23.6 Å². The first-order valence-electron chi connectivity index (χ1n) is 8.08. The van der Waals surface area contributed by atoms with Gasteiger partial charge in [-0.25, -0.2) is 8.42 Å². The molecule has 0 atom stereocenters. The van der Waals surface area contributed by atoms with Crippen LogP contribution in [0.4, 0.5) is 5.69 Å². The number of anilines is 1. The zero-order valence-electron chi connectivity index (χ0n) is 15.1. The molecular weight excluding hydrogens is 424 g/mol. The summed E-state index contributed by atoms with van der Waals surface area (Å²) in [4.78, 5) is 19.0. The van der Waals surface area contributed by atoms with Crippen molar-refractivity contribution in [2.75, 3.05) is 24.2 Å². The fraction of sp³-hybridized carbons (Fsp3) is 0.235. The number of aromatic nitrogens is 2. The molecule has 0 aliphatic carbocycles. The van der Waals surface area contributed by atoms with Gasteiger partial charge in [-0.15, -0.1) is 11.3 Å². The Morgan fingerprint density at radius 3 is 2.64 bits per heavy atom. The Hall–Kier alpha value is -2.43. The van der Waals surface area contributed by atoms with E-state index >= 15 is 0 Å². The van der Waals surface area contributed by atoms with E-state index in [1.807, 2.05) is 17.5 Å². The minimum absolute atomic E-state index is 0.0529. The Morgan fingerprint density at radius 2 is 2.00 bits per heavy atom.